The zero-order chi connectivity index (χ0) is 16.1. The van der Waals surface area contributed by atoms with Crippen molar-refractivity contribution in [2.24, 2.45) is 0 Å². The van der Waals surface area contributed by atoms with Crippen molar-refractivity contribution < 1.29 is 9.21 Å². The van der Waals surface area contributed by atoms with E-state index in [-0.39, 0.29) is 5.91 Å². The van der Waals surface area contributed by atoms with Gasteiger partial charge in [-0.05, 0) is 52.3 Å². The van der Waals surface area contributed by atoms with Crippen molar-refractivity contribution in [3.8, 4) is 0 Å². The second-order valence-electron chi connectivity index (χ2n) is 4.80. The lowest BCUT2D eigenvalue weighted by Crippen LogP contribution is -2.23. The van der Waals surface area contributed by atoms with Crippen LogP contribution in [0.25, 0.3) is 0 Å². The number of furan rings is 1. The number of nitrogens with zero attached hydrogens (tertiary/aromatic N) is 1. The quantitative estimate of drug-likeness (QED) is 0.707. The van der Waals surface area contributed by atoms with Crippen LogP contribution in [0.2, 0.25) is 0 Å². The van der Waals surface area contributed by atoms with Crippen LogP contribution < -0.4 is 10.6 Å². The Kier molecular flexibility index (Phi) is 4.73. The van der Waals surface area contributed by atoms with Crippen LogP contribution in [0.4, 0.5) is 11.4 Å². The van der Waals surface area contributed by atoms with Crippen molar-refractivity contribution in [1.29, 1.82) is 0 Å². The van der Waals surface area contributed by atoms with Gasteiger partial charge in [0.15, 0.2) is 0 Å². The Hall–Kier alpha value is -2.60. The molecule has 0 fully saturated rings. The molecule has 1 aromatic carbocycles. The number of aromatic nitrogens is 1. The van der Waals surface area contributed by atoms with Crippen LogP contribution in [0.3, 0.4) is 0 Å². The first-order chi connectivity index (χ1) is 11.2. The van der Waals surface area contributed by atoms with Crippen LogP contribution in [-0.4, -0.2) is 10.9 Å². The highest BCUT2D eigenvalue weighted by Gasteiger charge is 2.08. The van der Waals surface area contributed by atoms with Crippen molar-refractivity contribution in [2.75, 3.05) is 5.32 Å². The van der Waals surface area contributed by atoms with Gasteiger partial charge in [0.25, 0.3) is 5.91 Å². The first-order valence-electron chi connectivity index (χ1n) is 7.00. The molecule has 1 amide bonds. The number of hydrogen-bond acceptors (Lipinski definition) is 4. The molecule has 5 nitrogen and oxygen atoms in total. The Labute approximate surface area is 141 Å². The maximum Gasteiger partial charge on any atom is 0.270 e. The summed E-state index contributed by atoms with van der Waals surface area (Å²) in [5.41, 5.74) is 2.10. The number of hydrogen-bond donors (Lipinski definition) is 2. The molecule has 3 aromatic rings. The molecule has 0 bridgehead atoms. The molecule has 0 aliphatic heterocycles. The van der Waals surface area contributed by atoms with Crippen LogP contribution in [0.5, 0.6) is 0 Å². The van der Waals surface area contributed by atoms with Gasteiger partial charge in [0.2, 0.25) is 0 Å². The van der Waals surface area contributed by atoms with E-state index in [1.54, 1.807) is 30.7 Å². The van der Waals surface area contributed by atoms with Crippen molar-refractivity contribution >= 4 is 33.2 Å². The normalized spacial score (nSPS) is 10.3. The number of pyridine rings is 1. The maximum absolute atomic E-state index is 12.0. The fraction of sp³-hybridized carbons (Fsp3) is 0.0588. The summed E-state index contributed by atoms with van der Waals surface area (Å²) in [6, 6.07) is 14.9. The van der Waals surface area contributed by atoms with Crippen LogP contribution in [0.15, 0.2) is 69.9 Å². The fourth-order valence-electron chi connectivity index (χ4n) is 1.99. The third kappa shape index (κ3) is 3.98. The van der Waals surface area contributed by atoms with Gasteiger partial charge >= 0.3 is 0 Å². The summed E-state index contributed by atoms with van der Waals surface area (Å²) in [4.78, 5) is 16.2. The van der Waals surface area contributed by atoms with Crippen LogP contribution in [0.1, 0.15) is 16.2 Å². The molecule has 23 heavy (non-hydrogen) atoms. The molecule has 0 atom stereocenters. The van der Waals surface area contributed by atoms with Gasteiger partial charge < -0.3 is 15.1 Å². The minimum absolute atomic E-state index is 0.242. The van der Waals surface area contributed by atoms with Gasteiger partial charge in [-0.25, -0.2) is 4.98 Å². The van der Waals surface area contributed by atoms with Crippen molar-refractivity contribution in [1.82, 2.24) is 10.3 Å². The second kappa shape index (κ2) is 7.11. The van der Waals surface area contributed by atoms with Gasteiger partial charge in [-0.1, -0.05) is 12.1 Å². The molecular weight excluding hydrogens is 358 g/mol. The van der Waals surface area contributed by atoms with Crippen molar-refractivity contribution in [2.45, 2.75) is 6.54 Å². The molecule has 0 saturated heterocycles. The first kappa shape index (κ1) is 15.3. The number of para-hydroxylation sites is 1. The van der Waals surface area contributed by atoms with E-state index in [1.807, 2.05) is 30.3 Å². The van der Waals surface area contributed by atoms with Crippen molar-refractivity contribution in [3.05, 3.63) is 76.9 Å². The lowest BCUT2D eigenvalue weighted by Gasteiger charge is -2.08. The van der Waals surface area contributed by atoms with E-state index < -0.39 is 0 Å². The summed E-state index contributed by atoms with van der Waals surface area (Å²) < 4.78 is 6.13. The van der Waals surface area contributed by atoms with Gasteiger partial charge in [-0.15, -0.1) is 0 Å². The lowest BCUT2D eigenvalue weighted by molar-refractivity contribution is 0.0943. The highest BCUT2D eigenvalue weighted by atomic mass is 79.9. The van der Waals surface area contributed by atoms with Gasteiger partial charge in [-0.3, -0.25) is 4.79 Å². The van der Waals surface area contributed by atoms with Crippen molar-refractivity contribution in [3.63, 3.8) is 0 Å². The summed E-state index contributed by atoms with van der Waals surface area (Å²) in [6.07, 6.45) is 3.20. The molecule has 116 valence electrons. The Bertz CT molecular complexity index is 786. The van der Waals surface area contributed by atoms with E-state index in [0.29, 0.717) is 18.0 Å². The standard InChI is InChI=1S/C17H14BrN3O2/c18-14-5-1-2-6-15(14)21-12-7-8-16(19-10-12)17(22)20-11-13-4-3-9-23-13/h1-10,21H,11H2,(H,20,22). The molecule has 2 N–H and O–H groups in total. The predicted octanol–water partition coefficient (Wildman–Crippen LogP) is 4.11. The molecule has 0 aliphatic carbocycles. The average Bonchev–Trinajstić information content (AvgIpc) is 3.09. The molecule has 2 aromatic heterocycles. The van der Waals surface area contributed by atoms with Gasteiger partial charge in [0.1, 0.15) is 11.5 Å². The number of carbonyl (C=O) groups is 1. The molecule has 0 unspecified atom stereocenters. The molecule has 0 spiro atoms. The van der Waals surface area contributed by atoms with E-state index in [1.165, 1.54) is 0 Å². The monoisotopic (exact) mass is 371 g/mol. The second-order valence-corrected chi connectivity index (χ2v) is 5.65. The molecular formula is C17H14BrN3O2. The van der Waals surface area contributed by atoms with Crippen LogP contribution in [0, 0.1) is 0 Å². The Balaban J connectivity index is 1.62. The van der Waals surface area contributed by atoms with E-state index in [2.05, 4.69) is 31.5 Å². The SMILES string of the molecule is O=C(NCc1ccco1)c1ccc(Nc2ccccc2Br)cn1. The molecule has 6 heteroatoms. The number of amides is 1. The zero-order valence-corrected chi connectivity index (χ0v) is 13.7. The van der Waals surface area contributed by atoms with Crippen LogP contribution in [-0.2, 0) is 6.54 Å². The molecule has 0 aliphatic rings. The van der Waals surface area contributed by atoms with Gasteiger partial charge in [0, 0.05) is 4.47 Å². The number of nitrogens with one attached hydrogen (secondary N) is 2. The number of benzene rings is 1. The number of anilines is 2. The van der Waals surface area contributed by atoms with E-state index in [9.17, 15) is 4.79 Å². The van der Waals surface area contributed by atoms with Gasteiger partial charge in [-0.2, -0.15) is 0 Å². The summed E-state index contributed by atoms with van der Waals surface area (Å²) in [7, 11) is 0. The number of halogens is 1. The molecule has 3 rings (SSSR count). The molecule has 0 radical (unpaired) electrons. The number of carbonyl (C=O) groups excluding carboxylic acids is 1. The summed E-state index contributed by atoms with van der Waals surface area (Å²) >= 11 is 3.47. The third-order valence-corrected chi connectivity index (χ3v) is 3.84. The predicted molar refractivity (Wildman–Crippen MR) is 91.5 cm³/mol. The highest BCUT2D eigenvalue weighted by Crippen LogP contribution is 2.24. The molecule has 2 heterocycles. The highest BCUT2D eigenvalue weighted by molar-refractivity contribution is 9.10. The average molecular weight is 372 g/mol. The summed E-state index contributed by atoms with van der Waals surface area (Å²) in [5, 5.41) is 5.99. The lowest BCUT2D eigenvalue weighted by atomic mass is 10.3. The van der Waals surface area contributed by atoms with E-state index in [4.69, 9.17) is 4.42 Å². The first-order valence-corrected chi connectivity index (χ1v) is 7.80. The van der Waals surface area contributed by atoms with E-state index >= 15 is 0 Å². The third-order valence-electron chi connectivity index (χ3n) is 3.15. The van der Waals surface area contributed by atoms with E-state index in [0.717, 1.165) is 15.8 Å². The largest absolute Gasteiger partial charge is 0.467 e. The smallest absolute Gasteiger partial charge is 0.270 e. The fourth-order valence-corrected chi connectivity index (χ4v) is 2.38. The Morgan fingerprint density at radius 2 is 2.00 bits per heavy atom. The maximum atomic E-state index is 12.0. The minimum atomic E-state index is -0.242. The minimum Gasteiger partial charge on any atom is -0.467 e. The molecule has 0 saturated carbocycles. The van der Waals surface area contributed by atoms with Gasteiger partial charge in [0.05, 0.1) is 30.4 Å². The summed E-state index contributed by atoms with van der Waals surface area (Å²) in [6.45, 7) is 0.338. The summed E-state index contributed by atoms with van der Waals surface area (Å²) in [5.74, 6) is 0.458. The topological polar surface area (TPSA) is 67.2 Å². The zero-order valence-electron chi connectivity index (χ0n) is 12.1. The van der Waals surface area contributed by atoms with Crippen LogP contribution >= 0.6 is 15.9 Å². The Morgan fingerprint density at radius 1 is 1.13 bits per heavy atom. The number of rotatable bonds is 5. The Morgan fingerprint density at radius 3 is 2.70 bits per heavy atom.